The molecule has 1 heterocycles. The molecule has 186 valence electrons. The number of carbonyl (C=O) groups is 1. The average Bonchev–Trinajstić information content (AvgIpc) is 2.75. The minimum absolute atomic E-state index is 0.0376. The van der Waals surface area contributed by atoms with E-state index in [0.29, 0.717) is 0 Å². The zero-order valence-corrected chi connectivity index (χ0v) is 19.9. The second-order valence-corrected chi connectivity index (χ2v) is 9.74. The van der Waals surface area contributed by atoms with Gasteiger partial charge in [0, 0.05) is 16.8 Å². The fraction of sp³-hybridized carbons (Fsp3) is 0.190. The molecule has 0 fully saturated rings. The Balaban J connectivity index is 2.13. The molecule has 0 spiro atoms. The Bertz CT molecular complexity index is 1420. The summed E-state index contributed by atoms with van der Waals surface area (Å²) in [6.45, 7) is 0.974. The first kappa shape index (κ1) is 26.2. The predicted octanol–water partition coefficient (Wildman–Crippen LogP) is 5.68. The zero-order chi connectivity index (χ0) is 26.1. The van der Waals surface area contributed by atoms with Crippen molar-refractivity contribution in [3.8, 4) is 17.4 Å². The number of anilines is 1. The number of methoxy groups -OCH3 is 1. The van der Waals surface area contributed by atoms with E-state index in [0.717, 1.165) is 6.92 Å². The van der Waals surface area contributed by atoms with Crippen LogP contribution >= 0.6 is 11.6 Å². The van der Waals surface area contributed by atoms with Gasteiger partial charge in [0.2, 0.25) is 5.82 Å². The topological polar surface area (TPSA) is 114 Å². The molecule has 1 aromatic heterocycles. The van der Waals surface area contributed by atoms with Gasteiger partial charge in [0.15, 0.2) is 17.2 Å². The van der Waals surface area contributed by atoms with Crippen molar-refractivity contribution in [2.45, 2.75) is 18.0 Å². The molecule has 8 nitrogen and oxygen atoms in total. The van der Waals surface area contributed by atoms with Crippen molar-refractivity contribution in [2.75, 3.05) is 18.7 Å². The quantitative estimate of drug-likeness (QED) is 0.394. The smallest absolute Gasteiger partial charge is 0.435 e. The van der Waals surface area contributed by atoms with Gasteiger partial charge in [-0.15, -0.1) is 10.2 Å². The fourth-order valence-electron chi connectivity index (χ4n) is 2.98. The number of hydrogen-bond acceptors (Lipinski definition) is 7. The van der Waals surface area contributed by atoms with Crippen LogP contribution in [0, 0.1) is 17.5 Å². The Morgan fingerprint density at radius 1 is 1.20 bits per heavy atom. The van der Waals surface area contributed by atoms with Gasteiger partial charge in [-0.05, 0) is 42.8 Å². The second-order valence-electron chi connectivity index (χ2n) is 7.17. The number of benzene rings is 2. The van der Waals surface area contributed by atoms with Crippen LogP contribution in [0.5, 0.6) is 17.4 Å². The van der Waals surface area contributed by atoms with E-state index in [2.05, 4.69) is 15.5 Å². The van der Waals surface area contributed by atoms with Crippen molar-refractivity contribution in [1.82, 2.24) is 10.2 Å². The van der Waals surface area contributed by atoms with Crippen molar-refractivity contribution in [1.29, 1.82) is 4.78 Å². The molecular weight excluding hydrogens is 516 g/mol. The van der Waals surface area contributed by atoms with E-state index in [9.17, 15) is 26.6 Å². The van der Waals surface area contributed by atoms with E-state index < -0.39 is 56.1 Å². The number of rotatable bonds is 6. The highest BCUT2D eigenvalue weighted by Crippen LogP contribution is 2.39. The number of nitrogens with one attached hydrogen (secondary N) is 2. The largest absolute Gasteiger partial charge is 0.494 e. The summed E-state index contributed by atoms with van der Waals surface area (Å²) in [5.74, 6) is -3.86. The highest BCUT2D eigenvalue weighted by atomic mass is 35.5. The highest BCUT2D eigenvalue weighted by molar-refractivity contribution is 7.91. The molecular formula is C21H17ClF4N4O4S. The number of hydrogen-bond donors (Lipinski definition) is 2. The normalized spacial score (nSPS) is 13.1. The van der Waals surface area contributed by atoms with E-state index in [-0.39, 0.29) is 21.4 Å². The number of carbonyl (C=O) groups excluding carboxylic acids is 1. The average molecular weight is 533 g/mol. The molecule has 3 rings (SSSR count). The molecule has 0 bridgehead atoms. The summed E-state index contributed by atoms with van der Waals surface area (Å²) in [6.07, 6.45) is -3.79. The van der Waals surface area contributed by atoms with Crippen LogP contribution in [0.25, 0.3) is 0 Å². The minimum atomic E-state index is -4.96. The first-order chi connectivity index (χ1) is 16.2. The first-order valence-corrected chi connectivity index (χ1v) is 11.9. The lowest BCUT2D eigenvalue weighted by atomic mass is 10.1. The lowest BCUT2D eigenvalue weighted by molar-refractivity contribution is -0.142. The molecule has 35 heavy (non-hydrogen) atoms. The van der Waals surface area contributed by atoms with Crippen molar-refractivity contribution in [2.24, 2.45) is 0 Å². The van der Waals surface area contributed by atoms with Crippen LogP contribution in [-0.4, -0.2) is 33.7 Å². The third-order valence-electron chi connectivity index (χ3n) is 4.65. The molecule has 14 heteroatoms. The molecule has 1 amide bonds. The van der Waals surface area contributed by atoms with Crippen LogP contribution in [0.15, 0.2) is 41.3 Å². The Morgan fingerprint density at radius 3 is 2.49 bits per heavy atom. The van der Waals surface area contributed by atoms with Gasteiger partial charge in [-0.25, -0.2) is 8.99 Å². The van der Waals surface area contributed by atoms with Gasteiger partial charge in [0.1, 0.15) is 5.56 Å². The van der Waals surface area contributed by atoms with Crippen molar-refractivity contribution < 1.29 is 36.0 Å². The van der Waals surface area contributed by atoms with Crippen LogP contribution in [0.1, 0.15) is 21.6 Å². The van der Waals surface area contributed by atoms with E-state index >= 15 is 0 Å². The molecule has 2 N–H and O–H groups in total. The molecule has 1 atom stereocenters. The van der Waals surface area contributed by atoms with Crippen LogP contribution in [0.4, 0.5) is 23.2 Å². The Labute approximate surface area is 202 Å². The summed E-state index contributed by atoms with van der Waals surface area (Å²) < 4.78 is 85.0. The van der Waals surface area contributed by atoms with Crippen LogP contribution in [0.2, 0.25) is 5.02 Å². The summed E-state index contributed by atoms with van der Waals surface area (Å²) >= 11 is 5.98. The Hall–Kier alpha value is -3.45. The monoisotopic (exact) mass is 532 g/mol. The van der Waals surface area contributed by atoms with E-state index in [1.54, 1.807) is 0 Å². The lowest BCUT2D eigenvalue weighted by Crippen LogP contribution is -2.21. The number of nitrogens with zero attached hydrogens (tertiary/aromatic N) is 2. The van der Waals surface area contributed by atoms with Crippen LogP contribution in [-0.2, 0) is 15.9 Å². The lowest BCUT2D eigenvalue weighted by Gasteiger charge is -2.17. The molecule has 0 aliphatic carbocycles. The van der Waals surface area contributed by atoms with Crippen LogP contribution < -0.4 is 14.8 Å². The third-order valence-corrected chi connectivity index (χ3v) is 6.11. The van der Waals surface area contributed by atoms with Gasteiger partial charge in [-0.3, -0.25) is 4.79 Å². The number of halogens is 5. The SMILES string of the molecule is COc1ccc(Cl)c(Oc2nnc(C(F)(F)F)c(C)c2C(=O)Nc2cccc(S(C)(=N)=O)c2)c1F. The van der Waals surface area contributed by atoms with E-state index in [1.807, 2.05) is 0 Å². The molecule has 0 saturated carbocycles. The van der Waals surface area contributed by atoms with E-state index in [1.165, 1.54) is 49.8 Å². The molecule has 0 aliphatic rings. The van der Waals surface area contributed by atoms with Gasteiger partial charge >= 0.3 is 6.18 Å². The second kappa shape index (κ2) is 9.66. The van der Waals surface area contributed by atoms with Crippen LogP contribution in [0.3, 0.4) is 0 Å². The number of ether oxygens (including phenoxy) is 2. The molecule has 1 unspecified atom stereocenters. The first-order valence-electron chi connectivity index (χ1n) is 9.53. The summed E-state index contributed by atoms with van der Waals surface area (Å²) in [5.41, 5.74) is -2.76. The van der Waals surface area contributed by atoms with Gasteiger partial charge in [0.05, 0.1) is 21.9 Å². The summed E-state index contributed by atoms with van der Waals surface area (Å²) in [7, 11) is -1.96. The molecule has 2 aromatic carbocycles. The summed E-state index contributed by atoms with van der Waals surface area (Å²) in [6, 6.07) is 7.84. The standard InChI is InChI=1S/C21H17ClF4N4O4S/c1-10-15(19(31)28-11-5-4-6-12(9-11)35(3,27)32)20(30-29-18(10)21(24,25)26)34-17-13(22)7-8-14(33-2)16(17)23/h4-9,27H,1-3H3,(H,28,31). The predicted molar refractivity (Wildman–Crippen MR) is 119 cm³/mol. The molecule has 0 aliphatic heterocycles. The van der Waals surface area contributed by atoms with Crippen molar-refractivity contribution in [3.05, 3.63) is 64.1 Å². The van der Waals surface area contributed by atoms with Gasteiger partial charge in [-0.2, -0.15) is 17.6 Å². The van der Waals surface area contributed by atoms with Gasteiger partial charge < -0.3 is 14.8 Å². The summed E-state index contributed by atoms with van der Waals surface area (Å²) in [5, 5.41) is 8.55. The third kappa shape index (κ3) is 5.62. The maximum absolute atomic E-state index is 14.7. The molecule has 3 aromatic rings. The van der Waals surface area contributed by atoms with Gasteiger partial charge in [-0.1, -0.05) is 17.7 Å². The van der Waals surface area contributed by atoms with Crippen molar-refractivity contribution in [3.63, 3.8) is 0 Å². The van der Waals surface area contributed by atoms with E-state index in [4.69, 9.17) is 25.9 Å². The maximum atomic E-state index is 14.7. The zero-order valence-electron chi connectivity index (χ0n) is 18.3. The Kier molecular flexibility index (Phi) is 7.22. The van der Waals surface area contributed by atoms with Crippen molar-refractivity contribution >= 4 is 32.9 Å². The maximum Gasteiger partial charge on any atom is 0.435 e. The fourth-order valence-corrected chi connectivity index (χ4v) is 3.85. The number of alkyl halides is 3. The molecule has 0 radical (unpaired) electrons. The highest BCUT2D eigenvalue weighted by Gasteiger charge is 2.38. The number of amides is 1. The minimum Gasteiger partial charge on any atom is -0.494 e. The number of aromatic nitrogens is 2. The Morgan fingerprint density at radius 2 is 1.89 bits per heavy atom. The van der Waals surface area contributed by atoms with Gasteiger partial charge in [0.25, 0.3) is 11.8 Å². The summed E-state index contributed by atoms with van der Waals surface area (Å²) in [4.78, 5) is 13.2. The molecule has 0 saturated heterocycles.